The van der Waals surface area contributed by atoms with E-state index in [2.05, 4.69) is 29.5 Å². The highest BCUT2D eigenvalue weighted by Crippen LogP contribution is 2.22. The first-order valence-electron chi connectivity index (χ1n) is 6.18. The number of nitrogens with two attached hydrogens (primary N) is 1. The molecule has 3 rings (SSSR count). The molecule has 2 N–H and O–H groups in total. The fraction of sp³-hybridized carbons (Fsp3) is 0.333. The summed E-state index contributed by atoms with van der Waals surface area (Å²) in [6.07, 6.45) is 7.03. The molecule has 0 fully saturated rings. The van der Waals surface area contributed by atoms with Crippen LogP contribution in [-0.4, -0.2) is 31.4 Å². The van der Waals surface area contributed by atoms with Gasteiger partial charge in [-0.25, -0.2) is 9.61 Å². The lowest BCUT2D eigenvalue weighted by Gasteiger charge is -2.06. The number of aromatic nitrogens is 5. The van der Waals surface area contributed by atoms with Crippen LogP contribution < -0.4 is 5.73 Å². The Kier molecular flexibility index (Phi) is 3.20. The van der Waals surface area contributed by atoms with Gasteiger partial charge >= 0.3 is 0 Å². The van der Waals surface area contributed by atoms with Gasteiger partial charge in [0.15, 0.2) is 11.5 Å². The number of rotatable bonds is 5. The van der Waals surface area contributed by atoms with Crippen LogP contribution in [0.25, 0.3) is 22.6 Å². The standard InChI is InChI=1S/C12H14N6O/c13-4-1-2-6-18-11-3-5-14-7-9(11)16-12(18)10-8-15-19-17-10/h3,5,7-8H,1-2,4,6,13H2. The summed E-state index contributed by atoms with van der Waals surface area (Å²) in [5.41, 5.74) is 8.04. The van der Waals surface area contributed by atoms with Gasteiger partial charge in [0.25, 0.3) is 0 Å². The molecule has 7 nitrogen and oxygen atoms in total. The van der Waals surface area contributed by atoms with E-state index < -0.39 is 0 Å². The number of imidazole rings is 1. The predicted molar refractivity (Wildman–Crippen MR) is 69.1 cm³/mol. The zero-order valence-corrected chi connectivity index (χ0v) is 10.4. The molecule has 0 amide bonds. The fourth-order valence-electron chi connectivity index (χ4n) is 2.08. The van der Waals surface area contributed by atoms with Crippen LogP contribution in [-0.2, 0) is 6.54 Å². The smallest absolute Gasteiger partial charge is 0.170 e. The van der Waals surface area contributed by atoms with Crippen LogP contribution in [0.4, 0.5) is 0 Å². The van der Waals surface area contributed by atoms with Gasteiger partial charge in [-0.05, 0) is 30.6 Å². The Morgan fingerprint density at radius 3 is 3.00 bits per heavy atom. The third kappa shape index (κ3) is 2.19. The number of hydrogen-bond acceptors (Lipinski definition) is 6. The molecule has 98 valence electrons. The molecular weight excluding hydrogens is 244 g/mol. The second-order valence-electron chi connectivity index (χ2n) is 4.24. The first-order chi connectivity index (χ1) is 9.40. The molecule has 0 unspecified atom stereocenters. The Morgan fingerprint density at radius 2 is 2.21 bits per heavy atom. The lowest BCUT2D eigenvalue weighted by molar-refractivity contribution is 0.308. The number of nitrogens with zero attached hydrogens (tertiary/aromatic N) is 5. The highest BCUT2D eigenvalue weighted by Gasteiger charge is 2.14. The third-order valence-corrected chi connectivity index (χ3v) is 2.98. The first kappa shape index (κ1) is 11.8. The molecule has 0 aliphatic carbocycles. The summed E-state index contributed by atoms with van der Waals surface area (Å²) < 4.78 is 6.76. The van der Waals surface area contributed by atoms with E-state index in [1.807, 2.05) is 6.07 Å². The van der Waals surface area contributed by atoms with Crippen LogP contribution >= 0.6 is 0 Å². The van der Waals surface area contributed by atoms with Crippen molar-refractivity contribution in [2.75, 3.05) is 6.54 Å². The van der Waals surface area contributed by atoms with Gasteiger partial charge in [-0.1, -0.05) is 5.16 Å². The van der Waals surface area contributed by atoms with Gasteiger partial charge in [-0.3, -0.25) is 4.98 Å². The third-order valence-electron chi connectivity index (χ3n) is 2.98. The van der Waals surface area contributed by atoms with Crippen LogP contribution in [0.5, 0.6) is 0 Å². The van der Waals surface area contributed by atoms with Crippen molar-refractivity contribution in [1.82, 2.24) is 24.8 Å². The second-order valence-corrected chi connectivity index (χ2v) is 4.24. The Balaban J connectivity index is 2.06. The van der Waals surface area contributed by atoms with Gasteiger partial charge in [0.2, 0.25) is 0 Å². The molecule has 3 heterocycles. The Hall–Kier alpha value is -2.28. The normalized spacial score (nSPS) is 11.2. The van der Waals surface area contributed by atoms with Gasteiger partial charge in [0.05, 0.1) is 11.7 Å². The van der Waals surface area contributed by atoms with E-state index in [1.165, 1.54) is 0 Å². The largest absolute Gasteiger partial charge is 0.330 e. The van der Waals surface area contributed by atoms with Gasteiger partial charge in [-0.15, -0.1) is 0 Å². The summed E-state index contributed by atoms with van der Waals surface area (Å²) in [7, 11) is 0. The molecule has 0 aliphatic heterocycles. The van der Waals surface area contributed by atoms with Crippen molar-refractivity contribution in [3.05, 3.63) is 24.7 Å². The fourth-order valence-corrected chi connectivity index (χ4v) is 2.08. The molecule has 0 aliphatic rings. The molecule has 3 aromatic rings. The zero-order chi connectivity index (χ0) is 13.1. The van der Waals surface area contributed by atoms with E-state index >= 15 is 0 Å². The molecule has 0 spiro atoms. The van der Waals surface area contributed by atoms with Crippen molar-refractivity contribution >= 4 is 11.0 Å². The highest BCUT2D eigenvalue weighted by molar-refractivity contribution is 5.78. The van der Waals surface area contributed by atoms with Crippen LogP contribution in [0.15, 0.2) is 29.3 Å². The number of unbranched alkanes of at least 4 members (excludes halogenated alkanes) is 1. The van der Waals surface area contributed by atoms with E-state index in [0.717, 1.165) is 36.2 Å². The molecule has 3 aromatic heterocycles. The predicted octanol–water partition coefficient (Wildman–Crippen LogP) is 1.22. The molecule has 0 saturated heterocycles. The van der Waals surface area contributed by atoms with E-state index in [4.69, 9.17) is 5.73 Å². The van der Waals surface area contributed by atoms with Crippen molar-refractivity contribution in [2.24, 2.45) is 5.73 Å². The van der Waals surface area contributed by atoms with Crippen molar-refractivity contribution in [1.29, 1.82) is 0 Å². The van der Waals surface area contributed by atoms with Crippen LogP contribution in [0.2, 0.25) is 0 Å². The highest BCUT2D eigenvalue weighted by atomic mass is 16.6. The average Bonchev–Trinajstić information content (AvgIpc) is 3.06. The minimum atomic E-state index is 0.629. The number of aryl methyl sites for hydroxylation is 1. The van der Waals surface area contributed by atoms with Crippen molar-refractivity contribution in [2.45, 2.75) is 19.4 Å². The van der Waals surface area contributed by atoms with E-state index in [9.17, 15) is 0 Å². The summed E-state index contributed by atoms with van der Waals surface area (Å²) in [6, 6.07) is 1.95. The zero-order valence-electron chi connectivity index (χ0n) is 10.4. The van der Waals surface area contributed by atoms with Gasteiger partial charge in [-0.2, -0.15) is 0 Å². The average molecular weight is 258 g/mol. The van der Waals surface area contributed by atoms with E-state index in [0.29, 0.717) is 12.2 Å². The lowest BCUT2D eigenvalue weighted by atomic mass is 10.3. The minimum absolute atomic E-state index is 0.629. The Bertz CT molecular complexity index is 660. The van der Waals surface area contributed by atoms with Gasteiger partial charge < -0.3 is 10.3 Å². The molecule has 19 heavy (non-hydrogen) atoms. The van der Waals surface area contributed by atoms with Crippen LogP contribution in [0.3, 0.4) is 0 Å². The number of pyridine rings is 1. The number of fused-ring (bicyclic) bond motifs is 1. The van der Waals surface area contributed by atoms with Crippen molar-refractivity contribution in [3.63, 3.8) is 0 Å². The molecule has 0 atom stereocenters. The van der Waals surface area contributed by atoms with E-state index in [-0.39, 0.29) is 0 Å². The first-order valence-corrected chi connectivity index (χ1v) is 6.18. The summed E-state index contributed by atoms with van der Waals surface area (Å²) >= 11 is 0. The van der Waals surface area contributed by atoms with Crippen molar-refractivity contribution < 1.29 is 4.63 Å². The summed E-state index contributed by atoms with van der Waals surface area (Å²) in [6.45, 7) is 1.52. The lowest BCUT2D eigenvalue weighted by Crippen LogP contribution is -2.04. The monoisotopic (exact) mass is 258 g/mol. The van der Waals surface area contributed by atoms with Crippen LogP contribution in [0, 0.1) is 0 Å². The molecule has 0 saturated carbocycles. The van der Waals surface area contributed by atoms with Gasteiger partial charge in [0, 0.05) is 12.7 Å². The van der Waals surface area contributed by atoms with Crippen molar-refractivity contribution in [3.8, 4) is 11.5 Å². The SMILES string of the molecule is NCCCCn1c(-c2cnon2)nc2cnccc21. The molecule has 0 aromatic carbocycles. The molecule has 0 bridgehead atoms. The number of hydrogen-bond donors (Lipinski definition) is 1. The van der Waals surface area contributed by atoms with E-state index in [1.54, 1.807) is 18.6 Å². The Labute approximate surface area is 109 Å². The van der Waals surface area contributed by atoms with Gasteiger partial charge in [0.1, 0.15) is 11.7 Å². The molecule has 7 heteroatoms. The van der Waals surface area contributed by atoms with Crippen LogP contribution in [0.1, 0.15) is 12.8 Å². The maximum atomic E-state index is 5.54. The molecular formula is C12H14N6O. The maximum absolute atomic E-state index is 5.54. The summed E-state index contributed by atoms with van der Waals surface area (Å²) in [5.74, 6) is 0.751. The topological polar surface area (TPSA) is 95.7 Å². The second kappa shape index (κ2) is 5.15. The quantitative estimate of drug-likeness (QED) is 0.691. The minimum Gasteiger partial charge on any atom is -0.330 e. The Morgan fingerprint density at radius 1 is 1.26 bits per heavy atom. The summed E-state index contributed by atoms with van der Waals surface area (Å²) in [4.78, 5) is 8.63. The summed E-state index contributed by atoms with van der Waals surface area (Å²) in [5, 5.41) is 7.49. The molecule has 0 radical (unpaired) electrons. The maximum Gasteiger partial charge on any atom is 0.170 e.